The van der Waals surface area contributed by atoms with Crippen molar-refractivity contribution in [2.45, 2.75) is 63.3 Å². The number of aryl methyl sites for hydroxylation is 1. The lowest BCUT2D eigenvalue weighted by Gasteiger charge is -2.33. The normalized spacial score (nSPS) is 14.9. The summed E-state index contributed by atoms with van der Waals surface area (Å²) >= 11 is 0. The van der Waals surface area contributed by atoms with Crippen LogP contribution in [0.5, 0.6) is 0 Å². The van der Waals surface area contributed by atoms with Crippen molar-refractivity contribution >= 4 is 5.97 Å². The maximum absolute atomic E-state index is 13.9. The zero-order chi connectivity index (χ0) is 24.9. The fourth-order valence-electron chi connectivity index (χ4n) is 3.54. The molecule has 0 saturated heterocycles. The predicted octanol–water partition coefficient (Wildman–Crippen LogP) is 6.72. The molecule has 2 atom stereocenters. The summed E-state index contributed by atoms with van der Waals surface area (Å²) < 4.78 is 51.6. The van der Waals surface area contributed by atoms with Gasteiger partial charge in [0.25, 0.3) is 5.60 Å². The van der Waals surface area contributed by atoms with Crippen LogP contribution >= 0.6 is 0 Å². The Morgan fingerprint density at radius 1 is 1.03 bits per heavy atom. The van der Waals surface area contributed by atoms with Crippen molar-refractivity contribution in [3.8, 4) is 0 Å². The summed E-state index contributed by atoms with van der Waals surface area (Å²) in [6.07, 6.45) is 11.0. The van der Waals surface area contributed by atoms with Gasteiger partial charge < -0.3 is 9.47 Å². The number of esters is 1. The standard InChI is InChI=1S/C27H32F3NO3/c1-22(15-10-7-5-3-4-6-8-11-16-23-17-14-20-31-21-23)34-25(32)26(33-2,27(28,29)30)24-18-12-9-13-19-24/h3,5,7,9-10,12-14,17-22H,4,6,8,11,15-16H2,1-2H3/b5-3+,10-7+/t22-,26+/m0/s1. The number of pyridine rings is 1. The van der Waals surface area contributed by atoms with Crippen LogP contribution in [-0.4, -0.2) is 30.3 Å². The van der Waals surface area contributed by atoms with E-state index in [4.69, 9.17) is 9.47 Å². The van der Waals surface area contributed by atoms with E-state index in [1.54, 1.807) is 25.3 Å². The highest BCUT2D eigenvalue weighted by Gasteiger charge is 2.64. The number of aromatic nitrogens is 1. The predicted molar refractivity (Wildman–Crippen MR) is 126 cm³/mol. The molecule has 0 spiro atoms. The van der Waals surface area contributed by atoms with E-state index >= 15 is 0 Å². The first-order chi connectivity index (χ1) is 16.3. The fraction of sp³-hybridized carbons (Fsp3) is 0.407. The molecule has 0 saturated carbocycles. The van der Waals surface area contributed by atoms with Gasteiger partial charge in [-0.1, -0.05) is 67.1 Å². The lowest BCUT2D eigenvalue weighted by Crippen LogP contribution is -2.52. The molecule has 1 aromatic carbocycles. The van der Waals surface area contributed by atoms with E-state index in [2.05, 4.69) is 11.1 Å². The van der Waals surface area contributed by atoms with Gasteiger partial charge in [-0.2, -0.15) is 13.2 Å². The first kappa shape index (κ1) is 27.3. The number of alkyl halides is 3. The highest BCUT2D eigenvalue weighted by molar-refractivity contribution is 5.82. The molecule has 0 radical (unpaired) electrons. The summed E-state index contributed by atoms with van der Waals surface area (Å²) in [7, 11) is 0.857. The number of nitrogens with zero attached hydrogens (tertiary/aromatic N) is 1. The fourth-order valence-corrected chi connectivity index (χ4v) is 3.54. The number of hydrogen-bond donors (Lipinski definition) is 0. The summed E-state index contributed by atoms with van der Waals surface area (Å²) in [6.45, 7) is 1.55. The third kappa shape index (κ3) is 7.83. The number of carbonyl (C=O) groups excluding carboxylic acids is 1. The molecule has 0 amide bonds. The molecule has 2 rings (SSSR count). The molecule has 1 heterocycles. The Balaban J connectivity index is 1.76. The molecule has 0 unspecified atom stereocenters. The van der Waals surface area contributed by atoms with Crippen LogP contribution in [0, 0.1) is 0 Å². The number of benzene rings is 1. The zero-order valence-electron chi connectivity index (χ0n) is 19.6. The Morgan fingerprint density at radius 2 is 1.76 bits per heavy atom. The van der Waals surface area contributed by atoms with Crippen molar-refractivity contribution in [3.05, 3.63) is 90.3 Å². The molecule has 0 bridgehead atoms. The van der Waals surface area contributed by atoms with E-state index < -0.39 is 23.9 Å². The second-order valence-corrected chi connectivity index (χ2v) is 8.02. The second kappa shape index (κ2) is 13.7. The van der Waals surface area contributed by atoms with Gasteiger partial charge in [-0.05, 0) is 44.2 Å². The minimum Gasteiger partial charge on any atom is -0.460 e. The monoisotopic (exact) mass is 475 g/mol. The summed E-state index contributed by atoms with van der Waals surface area (Å²) in [6, 6.07) is 10.8. The van der Waals surface area contributed by atoms with E-state index in [0.29, 0.717) is 0 Å². The minimum absolute atomic E-state index is 0.285. The lowest BCUT2D eigenvalue weighted by atomic mass is 9.92. The van der Waals surface area contributed by atoms with Crippen molar-refractivity contribution in [2.75, 3.05) is 7.11 Å². The molecule has 4 nitrogen and oxygen atoms in total. The summed E-state index contributed by atoms with van der Waals surface area (Å²) in [5.41, 5.74) is -2.23. The molecular weight excluding hydrogens is 443 g/mol. The molecule has 0 N–H and O–H groups in total. The second-order valence-electron chi connectivity index (χ2n) is 8.02. The van der Waals surface area contributed by atoms with Crippen LogP contribution in [0.3, 0.4) is 0 Å². The molecule has 34 heavy (non-hydrogen) atoms. The highest BCUT2D eigenvalue weighted by Crippen LogP contribution is 2.43. The average molecular weight is 476 g/mol. The van der Waals surface area contributed by atoms with Crippen LogP contribution in [-0.2, 0) is 26.3 Å². The third-order valence-corrected chi connectivity index (χ3v) is 5.39. The topological polar surface area (TPSA) is 48.4 Å². The van der Waals surface area contributed by atoms with Crippen molar-refractivity contribution in [1.29, 1.82) is 0 Å². The Kier molecular flexibility index (Phi) is 11.0. The van der Waals surface area contributed by atoms with Gasteiger partial charge in [0.2, 0.25) is 0 Å². The van der Waals surface area contributed by atoms with Crippen molar-refractivity contribution < 1.29 is 27.4 Å². The number of rotatable bonds is 13. The number of halogens is 3. The molecule has 1 aromatic heterocycles. The molecule has 0 fully saturated rings. The SMILES string of the molecule is CO[C@@](C(=O)O[C@@H](C)C/C=C/C=C/CCCCCc1cccnc1)(c1ccccc1)C(F)(F)F. The quantitative estimate of drug-likeness (QED) is 0.183. The molecule has 0 aliphatic heterocycles. The van der Waals surface area contributed by atoms with Gasteiger partial charge in [0.1, 0.15) is 6.10 Å². The van der Waals surface area contributed by atoms with Gasteiger partial charge in [0, 0.05) is 31.5 Å². The molecule has 7 heteroatoms. The molecule has 0 aliphatic carbocycles. The van der Waals surface area contributed by atoms with Crippen LogP contribution in [0.25, 0.3) is 0 Å². The Labute approximate surface area is 199 Å². The van der Waals surface area contributed by atoms with Crippen molar-refractivity contribution in [3.63, 3.8) is 0 Å². The summed E-state index contributed by atoms with van der Waals surface area (Å²) in [4.78, 5) is 16.7. The van der Waals surface area contributed by atoms with Gasteiger partial charge in [0.05, 0.1) is 0 Å². The summed E-state index contributed by atoms with van der Waals surface area (Å²) in [5.74, 6) is -1.48. The van der Waals surface area contributed by atoms with E-state index in [9.17, 15) is 18.0 Å². The van der Waals surface area contributed by atoms with Crippen molar-refractivity contribution in [2.24, 2.45) is 0 Å². The first-order valence-electron chi connectivity index (χ1n) is 11.4. The van der Waals surface area contributed by atoms with Crippen LogP contribution < -0.4 is 0 Å². The molecule has 184 valence electrons. The van der Waals surface area contributed by atoms with Crippen LogP contribution in [0.15, 0.2) is 79.2 Å². The number of hydrogen-bond acceptors (Lipinski definition) is 4. The number of allylic oxidation sites excluding steroid dienone is 3. The van der Waals surface area contributed by atoms with E-state index in [1.165, 1.54) is 29.8 Å². The van der Waals surface area contributed by atoms with Gasteiger partial charge >= 0.3 is 12.1 Å². The van der Waals surface area contributed by atoms with Crippen molar-refractivity contribution in [1.82, 2.24) is 4.98 Å². The van der Waals surface area contributed by atoms with Gasteiger partial charge in [0.15, 0.2) is 0 Å². The minimum atomic E-state index is -4.98. The number of carbonyl (C=O) groups is 1. The number of unbranched alkanes of at least 4 members (excludes halogenated alkanes) is 3. The van der Waals surface area contributed by atoms with Gasteiger partial charge in [-0.15, -0.1) is 0 Å². The Hall–Kier alpha value is -2.93. The number of ether oxygens (including phenoxy) is 2. The number of methoxy groups -OCH3 is 1. The van der Waals surface area contributed by atoms with E-state index in [0.717, 1.165) is 39.2 Å². The largest absolute Gasteiger partial charge is 0.460 e. The average Bonchev–Trinajstić information content (AvgIpc) is 2.81. The lowest BCUT2D eigenvalue weighted by molar-refractivity contribution is -0.277. The zero-order valence-corrected chi connectivity index (χ0v) is 19.6. The summed E-state index contributed by atoms with van der Waals surface area (Å²) in [5, 5.41) is 0. The Bertz CT molecular complexity index is 914. The Morgan fingerprint density at radius 3 is 2.41 bits per heavy atom. The molecule has 2 aromatic rings. The van der Waals surface area contributed by atoms with Crippen LogP contribution in [0.1, 0.15) is 50.2 Å². The van der Waals surface area contributed by atoms with Crippen LogP contribution in [0.4, 0.5) is 13.2 Å². The first-order valence-corrected chi connectivity index (χ1v) is 11.4. The maximum atomic E-state index is 13.9. The van der Waals surface area contributed by atoms with E-state index in [-0.39, 0.29) is 12.0 Å². The smallest absolute Gasteiger partial charge is 0.432 e. The van der Waals surface area contributed by atoms with Gasteiger partial charge in [-0.25, -0.2) is 4.79 Å². The molecule has 0 aliphatic rings. The van der Waals surface area contributed by atoms with E-state index in [1.807, 2.05) is 30.5 Å². The maximum Gasteiger partial charge on any atom is 0.432 e. The molecular formula is C27H32F3NO3. The highest BCUT2D eigenvalue weighted by atomic mass is 19.4. The van der Waals surface area contributed by atoms with Gasteiger partial charge in [-0.3, -0.25) is 4.98 Å². The van der Waals surface area contributed by atoms with Crippen LogP contribution in [0.2, 0.25) is 0 Å². The third-order valence-electron chi connectivity index (χ3n) is 5.39.